The van der Waals surface area contributed by atoms with E-state index in [2.05, 4.69) is 11.0 Å². The van der Waals surface area contributed by atoms with E-state index in [4.69, 9.17) is 16.9 Å². The molecule has 0 bridgehead atoms. The van der Waals surface area contributed by atoms with Gasteiger partial charge in [0.1, 0.15) is 4.90 Å². The van der Waals surface area contributed by atoms with Crippen LogP contribution >= 0.6 is 11.6 Å². The minimum atomic E-state index is -3.91. The summed E-state index contributed by atoms with van der Waals surface area (Å²) in [6.07, 6.45) is 2.47. The van der Waals surface area contributed by atoms with Gasteiger partial charge in [0.15, 0.2) is 0 Å². The molecule has 1 saturated heterocycles. The fourth-order valence-electron chi connectivity index (χ4n) is 4.72. The molecule has 0 radical (unpaired) electrons. The maximum atomic E-state index is 13.7. The van der Waals surface area contributed by atoms with E-state index in [1.54, 1.807) is 30.0 Å². The van der Waals surface area contributed by atoms with Crippen LogP contribution in [0.3, 0.4) is 0 Å². The van der Waals surface area contributed by atoms with Crippen molar-refractivity contribution in [2.45, 2.75) is 37.2 Å². The number of hydrogen-bond acceptors (Lipinski definition) is 5. The zero-order valence-corrected chi connectivity index (χ0v) is 20.2. The predicted octanol–water partition coefficient (Wildman–Crippen LogP) is 2.64. The third-order valence-corrected chi connectivity index (χ3v) is 9.02. The van der Waals surface area contributed by atoms with Crippen molar-refractivity contribution in [2.75, 3.05) is 39.3 Å². The van der Waals surface area contributed by atoms with Crippen LogP contribution in [0.1, 0.15) is 30.1 Å². The van der Waals surface area contributed by atoms with Gasteiger partial charge in [-0.25, -0.2) is 8.42 Å². The molecule has 1 amide bonds. The maximum Gasteiger partial charge on any atom is 0.245 e. The Morgan fingerprint density at radius 3 is 2.58 bits per heavy atom. The smallest absolute Gasteiger partial charge is 0.245 e. The highest BCUT2D eigenvalue weighted by Crippen LogP contribution is 2.37. The second-order valence-electron chi connectivity index (χ2n) is 8.48. The third-order valence-electron chi connectivity index (χ3n) is 6.48. The zero-order chi connectivity index (χ0) is 23.6. The molecule has 1 unspecified atom stereocenters. The Morgan fingerprint density at radius 2 is 1.88 bits per heavy atom. The standard InChI is InChI=1S/C23H28ClN5O3S/c1-18-5-2-6-19(24)23(18)33(31,32)29-16-15-27-10-3-7-20(27)21(29)17-22(30)28-13-11-26(12-14-28)9-4-8-25/h2-3,5-7,10,21H,4,9,11-17H2,1H3. The van der Waals surface area contributed by atoms with Crippen molar-refractivity contribution in [3.05, 3.63) is 52.8 Å². The number of benzene rings is 1. The molecule has 0 aliphatic carbocycles. The van der Waals surface area contributed by atoms with Crippen LogP contribution in [0.5, 0.6) is 0 Å². The number of aromatic nitrogens is 1. The summed E-state index contributed by atoms with van der Waals surface area (Å²) in [5, 5.41) is 8.97. The molecular weight excluding hydrogens is 462 g/mol. The molecule has 33 heavy (non-hydrogen) atoms. The van der Waals surface area contributed by atoms with Crippen LogP contribution in [0.2, 0.25) is 5.02 Å². The van der Waals surface area contributed by atoms with Gasteiger partial charge in [-0.05, 0) is 30.7 Å². The monoisotopic (exact) mass is 489 g/mol. The van der Waals surface area contributed by atoms with Crippen LogP contribution in [-0.4, -0.2) is 72.3 Å². The number of sulfonamides is 1. The summed E-state index contributed by atoms with van der Waals surface area (Å²) >= 11 is 6.33. The van der Waals surface area contributed by atoms with Gasteiger partial charge in [0, 0.05) is 70.5 Å². The van der Waals surface area contributed by atoms with Crippen molar-refractivity contribution in [3.8, 4) is 6.07 Å². The van der Waals surface area contributed by atoms with Gasteiger partial charge >= 0.3 is 0 Å². The normalized spacial score (nSPS) is 19.8. The van der Waals surface area contributed by atoms with Crippen molar-refractivity contribution >= 4 is 27.5 Å². The summed E-state index contributed by atoms with van der Waals surface area (Å²) < 4.78 is 31.0. The molecule has 2 aliphatic rings. The number of rotatable bonds is 6. The lowest BCUT2D eigenvalue weighted by atomic mass is 10.1. The first-order chi connectivity index (χ1) is 15.8. The molecule has 176 valence electrons. The summed E-state index contributed by atoms with van der Waals surface area (Å²) in [4.78, 5) is 17.3. The Morgan fingerprint density at radius 1 is 1.12 bits per heavy atom. The second kappa shape index (κ2) is 9.85. The number of hydrogen-bond donors (Lipinski definition) is 0. The molecule has 1 atom stereocenters. The Labute approximate surface area is 200 Å². The first-order valence-electron chi connectivity index (χ1n) is 11.1. The number of halogens is 1. The van der Waals surface area contributed by atoms with Crippen LogP contribution in [-0.2, 0) is 21.4 Å². The van der Waals surface area contributed by atoms with Gasteiger partial charge in [-0.3, -0.25) is 9.69 Å². The number of nitrogens with zero attached hydrogens (tertiary/aromatic N) is 5. The van der Waals surface area contributed by atoms with Gasteiger partial charge in [0.05, 0.1) is 17.1 Å². The summed E-state index contributed by atoms with van der Waals surface area (Å²) in [6.45, 7) is 5.82. The van der Waals surface area contributed by atoms with E-state index >= 15 is 0 Å². The molecule has 1 aromatic heterocycles. The second-order valence-corrected chi connectivity index (χ2v) is 10.7. The van der Waals surface area contributed by atoms with E-state index in [9.17, 15) is 13.2 Å². The molecule has 0 saturated carbocycles. The number of amides is 1. The quantitative estimate of drug-likeness (QED) is 0.622. The zero-order valence-electron chi connectivity index (χ0n) is 18.7. The van der Waals surface area contributed by atoms with Gasteiger partial charge in [-0.2, -0.15) is 9.57 Å². The molecule has 2 aliphatic heterocycles. The van der Waals surface area contributed by atoms with Crippen molar-refractivity contribution in [1.82, 2.24) is 18.7 Å². The lowest BCUT2D eigenvalue weighted by molar-refractivity contribution is -0.134. The van der Waals surface area contributed by atoms with E-state index in [1.807, 2.05) is 22.9 Å². The highest BCUT2D eigenvalue weighted by Gasteiger charge is 2.40. The fraction of sp³-hybridized carbons (Fsp3) is 0.478. The van der Waals surface area contributed by atoms with Crippen molar-refractivity contribution in [1.29, 1.82) is 5.26 Å². The Balaban J connectivity index is 1.57. The number of piperazine rings is 1. The maximum absolute atomic E-state index is 13.7. The summed E-state index contributed by atoms with van der Waals surface area (Å²) in [5.41, 5.74) is 1.40. The molecule has 10 heteroatoms. The number of aryl methyl sites for hydroxylation is 1. The molecule has 0 spiro atoms. The number of carbonyl (C=O) groups excluding carboxylic acids is 1. The number of carbonyl (C=O) groups is 1. The lowest BCUT2D eigenvalue weighted by Gasteiger charge is -2.38. The van der Waals surface area contributed by atoms with Gasteiger partial charge in [-0.15, -0.1) is 0 Å². The Kier molecular flexibility index (Phi) is 7.10. The molecular formula is C23H28ClN5O3S. The molecule has 1 fully saturated rings. The Bertz CT molecular complexity index is 1140. The first-order valence-corrected chi connectivity index (χ1v) is 12.9. The van der Waals surface area contributed by atoms with E-state index in [-0.39, 0.29) is 28.8 Å². The summed E-state index contributed by atoms with van der Waals surface area (Å²) in [5.74, 6) is -0.0642. The molecule has 0 N–H and O–H groups in total. The largest absolute Gasteiger partial charge is 0.349 e. The van der Waals surface area contributed by atoms with Crippen molar-refractivity contribution < 1.29 is 13.2 Å². The van der Waals surface area contributed by atoms with Crippen LogP contribution < -0.4 is 0 Å². The highest BCUT2D eigenvalue weighted by molar-refractivity contribution is 7.89. The van der Waals surface area contributed by atoms with Gasteiger partial charge < -0.3 is 9.47 Å². The van der Waals surface area contributed by atoms with E-state index in [0.29, 0.717) is 38.2 Å². The van der Waals surface area contributed by atoms with E-state index in [0.717, 1.165) is 18.8 Å². The molecule has 3 heterocycles. The molecule has 2 aromatic rings. The molecule has 1 aromatic carbocycles. The van der Waals surface area contributed by atoms with Crippen molar-refractivity contribution in [2.24, 2.45) is 0 Å². The first kappa shape index (κ1) is 23.8. The lowest BCUT2D eigenvalue weighted by Crippen LogP contribution is -2.50. The number of nitriles is 1. The number of fused-ring (bicyclic) bond motifs is 1. The van der Waals surface area contributed by atoms with Crippen LogP contribution in [0.15, 0.2) is 41.4 Å². The Hall–Kier alpha value is -2.38. The highest BCUT2D eigenvalue weighted by atomic mass is 35.5. The van der Waals surface area contributed by atoms with Gasteiger partial charge in [0.2, 0.25) is 15.9 Å². The van der Waals surface area contributed by atoms with Gasteiger partial charge in [0.25, 0.3) is 0 Å². The average molecular weight is 490 g/mol. The molecule has 4 rings (SSSR count). The average Bonchev–Trinajstić information content (AvgIpc) is 3.27. The summed E-state index contributed by atoms with van der Waals surface area (Å²) in [7, 11) is -3.91. The van der Waals surface area contributed by atoms with Crippen LogP contribution in [0, 0.1) is 18.3 Å². The van der Waals surface area contributed by atoms with E-state index in [1.165, 1.54) is 4.31 Å². The topological polar surface area (TPSA) is 89.7 Å². The SMILES string of the molecule is Cc1cccc(Cl)c1S(=O)(=O)N1CCn2cccc2C1CC(=O)N1CCN(CCC#N)CC1. The van der Waals surface area contributed by atoms with Crippen LogP contribution in [0.4, 0.5) is 0 Å². The van der Waals surface area contributed by atoms with Crippen LogP contribution in [0.25, 0.3) is 0 Å². The van der Waals surface area contributed by atoms with E-state index < -0.39 is 16.1 Å². The third kappa shape index (κ3) is 4.80. The minimum absolute atomic E-state index is 0.0642. The fourth-order valence-corrected chi connectivity index (χ4v) is 7.10. The van der Waals surface area contributed by atoms with Gasteiger partial charge in [-0.1, -0.05) is 23.7 Å². The molecule has 8 nitrogen and oxygen atoms in total. The predicted molar refractivity (Wildman–Crippen MR) is 125 cm³/mol. The van der Waals surface area contributed by atoms with Crippen molar-refractivity contribution in [3.63, 3.8) is 0 Å². The minimum Gasteiger partial charge on any atom is -0.349 e. The summed E-state index contributed by atoms with van der Waals surface area (Å²) in [6, 6.07) is 10.4.